The minimum atomic E-state index is -0.893. The molecule has 0 aliphatic heterocycles. The second-order valence-electron chi connectivity index (χ2n) is 6.23. The lowest BCUT2D eigenvalue weighted by atomic mass is 10.1. The predicted octanol–water partition coefficient (Wildman–Crippen LogP) is 3.77. The summed E-state index contributed by atoms with van der Waals surface area (Å²) in [4.78, 5) is 28.6. The summed E-state index contributed by atoms with van der Waals surface area (Å²) in [7, 11) is 0. The summed E-state index contributed by atoms with van der Waals surface area (Å²) in [5.74, 6) is -0.264. The first-order valence-electron chi connectivity index (χ1n) is 8.26. The molecule has 1 aromatic heterocycles. The van der Waals surface area contributed by atoms with Crippen LogP contribution in [0.4, 0.5) is 10.5 Å². The number of carbonyl (C=O) groups excluding carboxylic acids is 2. The fraction of sp³-hybridized carbons (Fsp3) is 0.211. The molecule has 1 atom stereocenters. The molecule has 1 heterocycles. The molecule has 26 heavy (non-hydrogen) atoms. The predicted molar refractivity (Wildman–Crippen MR) is 104 cm³/mol. The van der Waals surface area contributed by atoms with Crippen LogP contribution in [0.15, 0.2) is 48.5 Å². The van der Waals surface area contributed by atoms with Crippen LogP contribution in [0.25, 0.3) is 10.2 Å². The Morgan fingerprint density at radius 1 is 1.12 bits per heavy atom. The topological polar surface area (TPSA) is 97.1 Å². The molecule has 4 N–H and O–H groups in total. The zero-order valence-electron chi connectivity index (χ0n) is 14.5. The van der Waals surface area contributed by atoms with E-state index in [1.807, 2.05) is 18.2 Å². The summed E-state index contributed by atoms with van der Waals surface area (Å²) >= 11 is 1.61. The Kier molecular flexibility index (Phi) is 5.18. The van der Waals surface area contributed by atoms with Gasteiger partial charge in [0.25, 0.3) is 0 Å². The number of nitrogens with one attached hydrogen (secondary N) is 2. The van der Waals surface area contributed by atoms with Gasteiger partial charge in [0.15, 0.2) is 0 Å². The molecule has 0 aliphatic rings. The van der Waals surface area contributed by atoms with Crippen LogP contribution in [-0.4, -0.2) is 16.9 Å². The monoisotopic (exact) mass is 368 g/mol. The van der Waals surface area contributed by atoms with Gasteiger partial charge < -0.3 is 16.4 Å². The van der Waals surface area contributed by atoms with Crippen molar-refractivity contribution in [3.63, 3.8) is 0 Å². The molecule has 0 unspecified atom stereocenters. The summed E-state index contributed by atoms with van der Waals surface area (Å²) in [5, 5.41) is 6.42. The number of urea groups is 1. The molecule has 0 fully saturated rings. The highest BCUT2D eigenvalue weighted by Crippen LogP contribution is 2.29. The van der Waals surface area contributed by atoms with Gasteiger partial charge in [-0.25, -0.2) is 9.78 Å². The third-order valence-corrected chi connectivity index (χ3v) is 5.17. The van der Waals surface area contributed by atoms with Crippen molar-refractivity contribution in [3.05, 3.63) is 59.1 Å². The lowest BCUT2D eigenvalue weighted by Crippen LogP contribution is -2.39. The van der Waals surface area contributed by atoms with Crippen LogP contribution < -0.4 is 16.4 Å². The van der Waals surface area contributed by atoms with E-state index < -0.39 is 18.0 Å². The summed E-state index contributed by atoms with van der Waals surface area (Å²) in [6, 6.07) is 13.0. The van der Waals surface area contributed by atoms with Crippen molar-refractivity contribution in [1.29, 1.82) is 0 Å². The highest BCUT2D eigenvalue weighted by atomic mass is 32.1. The van der Waals surface area contributed by atoms with E-state index in [1.54, 1.807) is 41.7 Å². The summed E-state index contributed by atoms with van der Waals surface area (Å²) in [6.07, 6.45) is 0. The molecule has 0 aliphatic carbocycles. The Morgan fingerprint density at radius 2 is 1.85 bits per heavy atom. The Labute approximate surface area is 155 Å². The number of hydrogen-bond acceptors (Lipinski definition) is 4. The average Bonchev–Trinajstić information content (AvgIpc) is 3.04. The van der Waals surface area contributed by atoms with Gasteiger partial charge in [0.1, 0.15) is 6.04 Å². The molecular weight excluding hydrogens is 348 g/mol. The minimum Gasteiger partial charge on any atom is -0.368 e. The highest BCUT2D eigenvalue weighted by Gasteiger charge is 2.20. The Bertz CT molecular complexity index is 937. The van der Waals surface area contributed by atoms with Crippen LogP contribution in [-0.2, 0) is 4.79 Å². The average molecular weight is 368 g/mol. The highest BCUT2D eigenvalue weighted by molar-refractivity contribution is 7.18. The van der Waals surface area contributed by atoms with E-state index in [9.17, 15) is 9.59 Å². The lowest BCUT2D eigenvalue weighted by Gasteiger charge is -2.16. The van der Waals surface area contributed by atoms with Gasteiger partial charge in [0.05, 0.1) is 15.2 Å². The van der Waals surface area contributed by atoms with Crippen LogP contribution in [0.3, 0.4) is 0 Å². The number of fused-ring (bicyclic) bond motifs is 1. The quantitative estimate of drug-likeness (QED) is 0.639. The molecule has 0 saturated heterocycles. The third kappa shape index (κ3) is 4.00. The molecule has 134 valence electrons. The maximum absolute atomic E-state index is 12.3. The minimum absolute atomic E-state index is 0.356. The van der Waals surface area contributed by atoms with E-state index in [2.05, 4.69) is 29.5 Å². The normalized spacial score (nSPS) is 12.1. The fourth-order valence-electron chi connectivity index (χ4n) is 2.53. The lowest BCUT2D eigenvalue weighted by molar-refractivity contribution is -0.119. The Balaban J connectivity index is 1.74. The summed E-state index contributed by atoms with van der Waals surface area (Å²) < 4.78 is 1.00. The second kappa shape index (κ2) is 7.53. The number of rotatable bonds is 5. The van der Waals surface area contributed by atoms with E-state index in [4.69, 9.17) is 5.73 Å². The van der Waals surface area contributed by atoms with Gasteiger partial charge in [-0.1, -0.05) is 44.2 Å². The van der Waals surface area contributed by atoms with Crippen molar-refractivity contribution in [1.82, 2.24) is 10.3 Å². The van der Waals surface area contributed by atoms with E-state index in [0.717, 1.165) is 15.2 Å². The largest absolute Gasteiger partial charge is 0.368 e. The Morgan fingerprint density at radius 3 is 2.50 bits per heavy atom. The van der Waals surface area contributed by atoms with Crippen molar-refractivity contribution < 1.29 is 9.59 Å². The first-order chi connectivity index (χ1) is 12.4. The SMILES string of the molecule is CC(C)c1nc2ccc(NC(=O)N[C@H](C(N)=O)c3ccccc3)cc2s1. The van der Waals surface area contributed by atoms with Crippen molar-refractivity contribution >= 4 is 39.2 Å². The van der Waals surface area contributed by atoms with Crippen molar-refractivity contribution in [2.45, 2.75) is 25.8 Å². The molecule has 3 aromatic rings. The van der Waals surface area contributed by atoms with E-state index >= 15 is 0 Å². The molecule has 3 amide bonds. The number of hydrogen-bond donors (Lipinski definition) is 3. The van der Waals surface area contributed by atoms with Gasteiger partial charge >= 0.3 is 6.03 Å². The van der Waals surface area contributed by atoms with Crippen LogP contribution >= 0.6 is 11.3 Å². The number of anilines is 1. The summed E-state index contributed by atoms with van der Waals surface area (Å²) in [5.41, 5.74) is 7.60. The molecular formula is C19H20N4O2S. The molecule has 6 nitrogen and oxygen atoms in total. The number of amides is 3. The maximum atomic E-state index is 12.3. The van der Waals surface area contributed by atoms with Crippen molar-refractivity contribution in [2.24, 2.45) is 5.73 Å². The molecule has 0 radical (unpaired) electrons. The molecule has 3 rings (SSSR count). The number of nitrogens with zero attached hydrogens (tertiary/aromatic N) is 1. The second-order valence-corrected chi connectivity index (χ2v) is 7.30. The van der Waals surface area contributed by atoms with Gasteiger partial charge in [-0.3, -0.25) is 4.79 Å². The van der Waals surface area contributed by atoms with Crippen LogP contribution in [0.2, 0.25) is 0 Å². The van der Waals surface area contributed by atoms with Crippen LogP contribution in [0.1, 0.15) is 36.4 Å². The van der Waals surface area contributed by atoms with Gasteiger partial charge in [0.2, 0.25) is 5.91 Å². The molecule has 0 saturated carbocycles. The molecule has 7 heteroatoms. The fourth-order valence-corrected chi connectivity index (χ4v) is 3.54. The maximum Gasteiger partial charge on any atom is 0.320 e. The van der Waals surface area contributed by atoms with Crippen molar-refractivity contribution in [3.8, 4) is 0 Å². The zero-order valence-corrected chi connectivity index (χ0v) is 15.3. The zero-order chi connectivity index (χ0) is 18.7. The van der Waals surface area contributed by atoms with Crippen LogP contribution in [0, 0.1) is 0 Å². The smallest absolute Gasteiger partial charge is 0.320 e. The number of benzene rings is 2. The number of carbonyl (C=O) groups is 2. The van der Waals surface area contributed by atoms with Crippen molar-refractivity contribution in [2.75, 3.05) is 5.32 Å². The number of nitrogens with two attached hydrogens (primary N) is 1. The molecule has 0 spiro atoms. The number of primary amides is 1. The standard InChI is InChI=1S/C19H20N4O2S/c1-11(2)18-22-14-9-8-13(10-15(14)26-18)21-19(25)23-16(17(20)24)12-6-4-3-5-7-12/h3-11,16H,1-2H3,(H2,20,24)(H2,21,23,25)/t16-/m0/s1. The van der Waals surface area contributed by atoms with Gasteiger partial charge in [-0.15, -0.1) is 11.3 Å². The van der Waals surface area contributed by atoms with Gasteiger partial charge in [-0.2, -0.15) is 0 Å². The van der Waals surface area contributed by atoms with Gasteiger partial charge in [0, 0.05) is 11.6 Å². The van der Waals surface area contributed by atoms with Crippen LogP contribution in [0.5, 0.6) is 0 Å². The van der Waals surface area contributed by atoms with E-state index in [0.29, 0.717) is 17.2 Å². The van der Waals surface area contributed by atoms with E-state index in [1.165, 1.54) is 0 Å². The first kappa shape index (κ1) is 17.9. The van der Waals surface area contributed by atoms with E-state index in [-0.39, 0.29) is 0 Å². The van der Waals surface area contributed by atoms with Gasteiger partial charge in [-0.05, 0) is 23.8 Å². The first-order valence-corrected chi connectivity index (χ1v) is 9.08. The number of thiazole rings is 1. The molecule has 2 aromatic carbocycles. The Hall–Kier alpha value is -2.93. The molecule has 0 bridgehead atoms. The third-order valence-electron chi connectivity index (χ3n) is 3.85. The number of aromatic nitrogens is 1. The summed E-state index contributed by atoms with van der Waals surface area (Å²) in [6.45, 7) is 4.19.